The zero-order valence-corrected chi connectivity index (χ0v) is 29.6. The second kappa shape index (κ2) is 17.2. The SMILES string of the molecule is COC(=O)CSc1cc(/N=c2\sc(=O)n3n2CCCC3)c(F)cc1Cl.O=C(Nc1ccc(F)cc1F)c1cccnc1Oc1cccc(C(F)(F)F)c1. The number of alkyl halides is 3. The molecule has 0 unspecified atom stereocenters. The van der Waals surface area contributed by atoms with Gasteiger partial charge >= 0.3 is 17.0 Å². The van der Waals surface area contributed by atoms with Crippen LogP contribution < -0.4 is 19.7 Å². The lowest BCUT2D eigenvalue weighted by molar-refractivity contribution is -0.138. The molecule has 0 saturated heterocycles. The number of aromatic nitrogens is 3. The molecule has 1 amide bonds. The van der Waals surface area contributed by atoms with Crippen molar-refractivity contribution in [3.8, 4) is 11.6 Å². The summed E-state index contributed by atoms with van der Waals surface area (Å²) >= 11 is 8.17. The number of carbonyl (C=O) groups is 2. The lowest BCUT2D eigenvalue weighted by atomic mass is 10.2. The van der Waals surface area contributed by atoms with Crippen molar-refractivity contribution in [1.29, 1.82) is 0 Å². The normalized spacial score (nSPS) is 12.7. The van der Waals surface area contributed by atoms with Crippen LogP contribution in [0.3, 0.4) is 0 Å². The molecule has 5 aromatic rings. The number of nitrogens with zero attached hydrogens (tertiary/aromatic N) is 4. The van der Waals surface area contributed by atoms with E-state index in [1.165, 1.54) is 37.6 Å². The van der Waals surface area contributed by atoms with Gasteiger partial charge in [-0.25, -0.2) is 27.8 Å². The zero-order chi connectivity index (χ0) is 38.3. The van der Waals surface area contributed by atoms with Crippen LogP contribution in [0.1, 0.15) is 28.8 Å². The van der Waals surface area contributed by atoms with Crippen molar-refractivity contribution >= 4 is 58.0 Å². The quantitative estimate of drug-likeness (QED) is 0.0956. The Labute approximate surface area is 309 Å². The number of hydrogen-bond donors (Lipinski definition) is 1. The number of methoxy groups -OCH3 is 1. The van der Waals surface area contributed by atoms with Crippen LogP contribution in [0.25, 0.3) is 0 Å². The van der Waals surface area contributed by atoms with E-state index in [-0.39, 0.29) is 44.2 Å². The first-order valence-corrected chi connectivity index (χ1v) is 17.5. The standard InChI is InChI=1S/C19H11F5N2O2.C15H15ClFN3O3S2/c20-12-6-7-16(15(21)10-12)26-17(27)14-5-2-8-25-18(14)28-13-4-1-3-11(9-13)19(22,23)24;1-23-13(21)8-24-12-7-11(10(17)6-9(12)16)18-14-19-4-2-3-5-20(19)15(22)25-14/h1-10H,(H,26,27);6-7H,2-5,8H2,1H3/b;18-14-. The minimum Gasteiger partial charge on any atom is -0.468 e. The zero-order valence-electron chi connectivity index (χ0n) is 27.3. The molecular formula is C34H26ClF6N5O5S2. The third-order valence-electron chi connectivity index (χ3n) is 7.25. The van der Waals surface area contributed by atoms with Gasteiger partial charge in [0.25, 0.3) is 5.91 Å². The third-order valence-corrected chi connectivity index (χ3v) is 9.58. The van der Waals surface area contributed by atoms with Gasteiger partial charge in [-0.1, -0.05) is 17.7 Å². The van der Waals surface area contributed by atoms with Crippen LogP contribution in [-0.2, 0) is 28.8 Å². The molecule has 19 heteroatoms. The van der Waals surface area contributed by atoms with Gasteiger partial charge in [0.15, 0.2) is 0 Å². The first kappa shape index (κ1) is 39.1. The predicted octanol–water partition coefficient (Wildman–Crippen LogP) is 8.22. The summed E-state index contributed by atoms with van der Waals surface area (Å²) in [5.41, 5.74) is -1.27. The number of pyridine rings is 1. The summed E-state index contributed by atoms with van der Waals surface area (Å²) in [5.74, 6) is -4.02. The molecular weight excluding hydrogens is 772 g/mol. The molecule has 53 heavy (non-hydrogen) atoms. The molecule has 0 saturated carbocycles. The van der Waals surface area contributed by atoms with Crippen LogP contribution in [0.15, 0.2) is 87.6 Å². The van der Waals surface area contributed by atoms with Crippen molar-refractivity contribution in [1.82, 2.24) is 14.3 Å². The van der Waals surface area contributed by atoms with Crippen LogP contribution in [0, 0.1) is 17.5 Å². The summed E-state index contributed by atoms with van der Waals surface area (Å²) in [7, 11) is 1.30. The van der Waals surface area contributed by atoms with Gasteiger partial charge in [-0.05, 0) is 78.8 Å². The van der Waals surface area contributed by atoms with Crippen molar-refractivity contribution in [2.24, 2.45) is 4.99 Å². The van der Waals surface area contributed by atoms with Crippen LogP contribution in [-0.4, -0.2) is 39.1 Å². The van der Waals surface area contributed by atoms with Crippen LogP contribution >= 0.6 is 34.7 Å². The van der Waals surface area contributed by atoms with Gasteiger partial charge in [-0.2, -0.15) is 13.2 Å². The average Bonchev–Trinajstić information content (AvgIpc) is 3.44. The summed E-state index contributed by atoms with van der Waals surface area (Å²) in [6.45, 7) is 1.32. The van der Waals surface area contributed by atoms with Gasteiger partial charge in [0, 0.05) is 30.2 Å². The van der Waals surface area contributed by atoms with E-state index < -0.39 is 41.1 Å². The maximum Gasteiger partial charge on any atom is 0.416 e. The molecule has 10 nitrogen and oxygen atoms in total. The van der Waals surface area contributed by atoms with Crippen molar-refractivity contribution in [2.75, 3.05) is 18.2 Å². The topological polar surface area (TPSA) is 117 Å². The van der Waals surface area contributed by atoms with Gasteiger partial charge in [-0.15, -0.1) is 11.8 Å². The van der Waals surface area contributed by atoms with E-state index in [2.05, 4.69) is 20.0 Å². The molecule has 0 bridgehead atoms. The van der Waals surface area contributed by atoms with Gasteiger partial charge in [0.1, 0.15) is 34.5 Å². The van der Waals surface area contributed by atoms with E-state index >= 15 is 0 Å². The Balaban J connectivity index is 0.000000206. The van der Waals surface area contributed by atoms with Gasteiger partial charge < -0.3 is 14.8 Å². The highest BCUT2D eigenvalue weighted by atomic mass is 35.5. The minimum atomic E-state index is -4.57. The second-order valence-electron chi connectivity index (χ2n) is 10.9. The molecule has 2 aromatic heterocycles. The molecule has 3 heterocycles. The first-order chi connectivity index (χ1) is 25.2. The third kappa shape index (κ3) is 10.1. The van der Waals surface area contributed by atoms with Crippen LogP contribution in [0.4, 0.5) is 37.7 Å². The lowest BCUT2D eigenvalue weighted by Crippen LogP contribution is -2.31. The number of amides is 1. The lowest BCUT2D eigenvalue weighted by Gasteiger charge is -2.15. The smallest absolute Gasteiger partial charge is 0.416 e. The van der Waals surface area contributed by atoms with Crippen molar-refractivity contribution in [3.63, 3.8) is 0 Å². The molecule has 1 aliphatic heterocycles. The molecule has 0 atom stereocenters. The number of esters is 1. The van der Waals surface area contributed by atoms with Crippen molar-refractivity contribution < 1.29 is 45.4 Å². The Hall–Kier alpha value is -5.07. The molecule has 3 aromatic carbocycles. The molecule has 6 rings (SSSR count). The van der Waals surface area contributed by atoms with E-state index in [1.54, 1.807) is 9.36 Å². The number of anilines is 1. The Morgan fingerprint density at radius 3 is 2.47 bits per heavy atom. The van der Waals surface area contributed by atoms with Gasteiger partial charge in [0.05, 0.1) is 29.1 Å². The highest BCUT2D eigenvalue weighted by molar-refractivity contribution is 8.00. The average molecular weight is 798 g/mol. The van der Waals surface area contributed by atoms with E-state index in [9.17, 15) is 40.7 Å². The summed E-state index contributed by atoms with van der Waals surface area (Å²) in [6.07, 6.45) is -1.39. The predicted molar refractivity (Wildman–Crippen MR) is 185 cm³/mol. The van der Waals surface area contributed by atoms with Crippen molar-refractivity contribution in [2.45, 2.75) is 37.0 Å². The molecule has 0 aliphatic carbocycles. The van der Waals surface area contributed by atoms with Crippen molar-refractivity contribution in [3.05, 3.63) is 121 Å². The second-order valence-corrected chi connectivity index (χ2v) is 13.2. The van der Waals surface area contributed by atoms with E-state index in [1.807, 2.05) is 0 Å². The number of benzene rings is 3. The number of ether oxygens (including phenoxy) is 2. The first-order valence-electron chi connectivity index (χ1n) is 15.3. The number of carbonyl (C=O) groups excluding carboxylic acids is 2. The number of rotatable bonds is 8. The monoisotopic (exact) mass is 797 g/mol. The number of thioether (sulfide) groups is 1. The number of hydrogen-bond acceptors (Lipinski definition) is 9. The highest BCUT2D eigenvalue weighted by Gasteiger charge is 2.31. The number of fused-ring (bicyclic) bond motifs is 1. The fourth-order valence-corrected chi connectivity index (χ4v) is 6.69. The molecule has 0 radical (unpaired) electrons. The molecule has 0 fully saturated rings. The van der Waals surface area contributed by atoms with Crippen LogP contribution in [0.2, 0.25) is 5.02 Å². The molecule has 1 aliphatic rings. The minimum absolute atomic E-state index is 0.0605. The van der Waals surface area contributed by atoms with Gasteiger partial charge in [0.2, 0.25) is 10.7 Å². The summed E-state index contributed by atoms with van der Waals surface area (Å²) < 4.78 is 92.7. The summed E-state index contributed by atoms with van der Waals surface area (Å²) in [5, 5.41) is 2.43. The molecule has 278 valence electrons. The Bertz CT molecular complexity index is 2280. The van der Waals surface area contributed by atoms with E-state index in [4.69, 9.17) is 16.3 Å². The van der Waals surface area contributed by atoms with Crippen LogP contribution in [0.5, 0.6) is 11.6 Å². The molecule has 1 N–H and O–H groups in total. The number of nitrogens with one attached hydrogen (secondary N) is 1. The maximum absolute atomic E-state index is 14.3. The van der Waals surface area contributed by atoms with E-state index in [0.717, 1.165) is 72.3 Å². The van der Waals surface area contributed by atoms with Gasteiger partial charge in [-0.3, -0.25) is 19.1 Å². The number of halogens is 7. The Morgan fingerprint density at radius 1 is 1.00 bits per heavy atom. The maximum atomic E-state index is 14.3. The largest absolute Gasteiger partial charge is 0.468 e. The summed E-state index contributed by atoms with van der Waals surface area (Å²) in [6, 6.07) is 12.0. The fraction of sp³-hybridized carbons (Fsp3) is 0.206. The summed E-state index contributed by atoms with van der Waals surface area (Å²) in [4.78, 5) is 44.8. The highest BCUT2D eigenvalue weighted by Crippen LogP contribution is 2.34. The fourth-order valence-electron chi connectivity index (χ4n) is 4.70. The Morgan fingerprint density at radius 2 is 1.75 bits per heavy atom. The molecule has 0 spiro atoms. The van der Waals surface area contributed by atoms with E-state index in [0.29, 0.717) is 28.9 Å². The Kier molecular flexibility index (Phi) is 12.7.